The molecule has 0 aliphatic heterocycles. The van der Waals surface area contributed by atoms with Crippen LogP contribution in [0.25, 0.3) is 0 Å². The summed E-state index contributed by atoms with van der Waals surface area (Å²) in [5, 5.41) is 6.21. The lowest BCUT2D eigenvalue weighted by atomic mass is 10.1. The number of primary amides is 1. The van der Waals surface area contributed by atoms with Crippen LogP contribution >= 0.6 is 0 Å². The summed E-state index contributed by atoms with van der Waals surface area (Å²) in [6.07, 6.45) is 1.76. The number of hydrogen-bond donors (Lipinski definition) is 3. The van der Waals surface area contributed by atoms with Gasteiger partial charge in [-0.15, -0.1) is 6.58 Å². The minimum absolute atomic E-state index is 0.419. The van der Waals surface area contributed by atoms with Crippen molar-refractivity contribution in [3.63, 3.8) is 0 Å². The van der Waals surface area contributed by atoms with Gasteiger partial charge in [0.1, 0.15) is 0 Å². The molecular weight excluding hydrogens is 228 g/mol. The molecule has 5 heteroatoms. The van der Waals surface area contributed by atoms with Gasteiger partial charge >= 0.3 is 0 Å². The second-order valence-electron chi connectivity index (χ2n) is 3.66. The average molecular weight is 246 g/mol. The molecule has 0 heterocycles. The number of amides is 1. The van der Waals surface area contributed by atoms with E-state index in [-0.39, 0.29) is 0 Å². The van der Waals surface area contributed by atoms with Crippen molar-refractivity contribution in [3.05, 3.63) is 48.0 Å². The molecule has 0 atom stereocenters. The average Bonchev–Trinajstić information content (AvgIpc) is 2.39. The zero-order chi connectivity index (χ0) is 13.4. The van der Waals surface area contributed by atoms with Gasteiger partial charge in [-0.2, -0.15) is 0 Å². The van der Waals surface area contributed by atoms with Gasteiger partial charge in [-0.3, -0.25) is 9.79 Å². The van der Waals surface area contributed by atoms with Crippen molar-refractivity contribution in [1.29, 1.82) is 0 Å². The minimum atomic E-state index is -0.419. The second-order valence-corrected chi connectivity index (χ2v) is 3.66. The Kier molecular flexibility index (Phi) is 5.44. The van der Waals surface area contributed by atoms with E-state index in [2.05, 4.69) is 22.2 Å². The van der Waals surface area contributed by atoms with Crippen LogP contribution in [-0.2, 0) is 6.54 Å². The monoisotopic (exact) mass is 246 g/mol. The molecule has 4 N–H and O–H groups in total. The van der Waals surface area contributed by atoms with Gasteiger partial charge in [0.2, 0.25) is 5.91 Å². The van der Waals surface area contributed by atoms with E-state index in [1.54, 1.807) is 25.3 Å². The van der Waals surface area contributed by atoms with Crippen molar-refractivity contribution >= 4 is 11.9 Å². The van der Waals surface area contributed by atoms with Crippen LogP contribution in [0.2, 0.25) is 0 Å². The molecule has 1 rings (SSSR count). The molecule has 0 saturated heterocycles. The minimum Gasteiger partial charge on any atom is -0.366 e. The third-order valence-electron chi connectivity index (χ3n) is 2.34. The topological polar surface area (TPSA) is 79.5 Å². The first kappa shape index (κ1) is 13.8. The van der Waals surface area contributed by atoms with Crippen LogP contribution in [0.15, 0.2) is 41.9 Å². The van der Waals surface area contributed by atoms with Crippen molar-refractivity contribution in [2.24, 2.45) is 10.7 Å². The van der Waals surface area contributed by atoms with Crippen LogP contribution in [0.4, 0.5) is 0 Å². The smallest absolute Gasteiger partial charge is 0.248 e. The Labute approximate surface area is 107 Å². The molecule has 18 heavy (non-hydrogen) atoms. The first-order valence-corrected chi connectivity index (χ1v) is 5.61. The summed E-state index contributed by atoms with van der Waals surface area (Å²) >= 11 is 0. The molecule has 1 aromatic carbocycles. The summed E-state index contributed by atoms with van der Waals surface area (Å²) < 4.78 is 0. The van der Waals surface area contributed by atoms with Crippen LogP contribution in [-0.4, -0.2) is 25.5 Å². The zero-order valence-corrected chi connectivity index (χ0v) is 10.4. The number of guanidine groups is 1. The normalized spacial score (nSPS) is 10.8. The van der Waals surface area contributed by atoms with Crippen LogP contribution in [0.1, 0.15) is 15.9 Å². The maximum absolute atomic E-state index is 10.9. The highest BCUT2D eigenvalue weighted by molar-refractivity contribution is 5.92. The van der Waals surface area contributed by atoms with Gasteiger partial charge in [0.15, 0.2) is 5.96 Å². The summed E-state index contributed by atoms with van der Waals surface area (Å²) in [7, 11) is 1.70. The van der Waals surface area contributed by atoms with Gasteiger partial charge in [-0.05, 0) is 17.7 Å². The fourth-order valence-electron chi connectivity index (χ4n) is 1.36. The fraction of sp³-hybridized carbons (Fsp3) is 0.231. The SMILES string of the molecule is C=CCNC(=NC)NCc1ccc(C(N)=O)cc1. The Morgan fingerprint density at radius 3 is 2.56 bits per heavy atom. The summed E-state index contributed by atoms with van der Waals surface area (Å²) in [6, 6.07) is 7.13. The fourth-order valence-corrected chi connectivity index (χ4v) is 1.36. The van der Waals surface area contributed by atoms with Crippen LogP contribution in [0, 0.1) is 0 Å². The molecule has 96 valence electrons. The predicted molar refractivity (Wildman–Crippen MR) is 73.4 cm³/mol. The molecule has 0 spiro atoms. The maximum Gasteiger partial charge on any atom is 0.248 e. The number of carbonyl (C=O) groups is 1. The maximum atomic E-state index is 10.9. The van der Waals surface area contributed by atoms with Gasteiger partial charge in [0.05, 0.1) is 0 Å². The first-order chi connectivity index (χ1) is 8.67. The first-order valence-electron chi connectivity index (χ1n) is 5.61. The third-order valence-corrected chi connectivity index (χ3v) is 2.34. The molecule has 0 aliphatic rings. The largest absolute Gasteiger partial charge is 0.366 e. The van der Waals surface area contributed by atoms with E-state index in [1.165, 1.54) is 0 Å². The Hall–Kier alpha value is -2.30. The van der Waals surface area contributed by atoms with Crippen molar-refractivity contribution < 1.29 is 4.79 Å². The van der Waals surface area contributed by atoms with E-state index in [0.717, 1.165) is 5.56 Å². The number of nitrogens with zero attached hydrogens (tertiary/aromatic N) is 1. The molecule has 0 bridgehead atoms. The van der Waals surface area contributed by atoms with Crippen molar-refractivity contribution in [1.82, 2.24) is 10.6 Å². The highest BCUT2D eigenvalue weighted by Gasteiger charge is 2.00. The van der Waals surface area contributed by atoms with Crippen LogP contribution in [0.3, 0.4) is 0 Å². The number of hydrogen-bond acceptors (Lipinski definition) is 2. The van der Waals surface area contributed by atoms with Gasteiger partial charge in [-0.1, -0.05) is 18.2 Å². The van der Waals surface area contributed by atoms with Crippen LogP contribution in [0.5, 0.6) is 0 Å². The number of benzene rings is 1. The zero-order valence-electron chi connectivity index (χ0n) is 10.4. The van der Waals surface area contributed by atoms with E-state index in [0.29, 0.717) is 24.6 Å². The number of rotatable bonds is 5. The van der Waals surface area contributed by atoms with E-state index < -0.39 is 5.91 Å². The number of carbonyl (C=O) groups excluding carboxylic acids is 1. The Bertz CT molecular complexity index is 437. The second kappa shape index (κ2) is 7.11. The van der Waals surface area contributed by atoms with Crippen molar-refractivity contribution in [2.75, 3.05) is 13.6 Å². The summed E-state index contributed by atoms with van der Waals surface area (Å²) in [4.78, 5) is 15.0. The Balaban J connectivity index is 2.52. The highest BCUT2D eigenvalue weighted by atomic mass is 16.1. The van der Waals surface area contributed by atoms with Gasteiger partial charge in [0, 0.05) is 25.7 Å². The van der Waals surface area contributed by atoms with E-state index >= 15 is 0 Å². The van der Waals surface area contributed by atoms with Crippen molar-refractivity contribution in [2.45, 2.75) is 6.54 Å². The van der Waals surface area contributed by atoms with Gasteiger partial charge in [-0.25, -0.2) is 0 Å². The summed E-state index contributed by atoms with van der Waals surface area (Å²) in [6.45, 7) is 4.90. The van der Waals surface area contributed by atoms with E-state index in [9.17, 15) is 4.79 Å². The summed E-state index contributed by atoms with van der Waals surface area (Å²) in [5.41, 5.74) is 6.72. The number of aliphatic imine (C=N–C) groups is 1. The number of nitrogens with two attached hydrogens (primary N) is 1. The molecule has 0 saturated carbocycles. The quantitative estimate of drug-likeness (QED) is 0.405. The third kappa shape index (κ3) is 4.29. The molecule has 5 nitrogen and oxygen atoms in total. The summed E-state index contributed by atoms with van der Waals surface area (Å²) in [5.74, 6) is 0.284. The lowest BCUT2D eigenvalue weighted by Crippen LogP contribution is -2.36. The van der Waals surface area contributed by atoms with Gasteiger partial charge < -0.3 is 16.4 Å². The molecule has 0 aromatic heterocycles. The Morgan fingerprint density at radius 1 is 1.39 bits per heavy atom. The molecule has 0 fully saturated rings. The lowest BCUT2D eigenvalue weighted by molar-refractivity contribution is 0.100. The molecule has 1 aromatic rings. The molecule has 0 aliphatic carbocycles. The lowest BCUT2D eigenvalue weighted by Gasteiger charge is -2.10. The van der Waals surface area contributed by atoms with Gasteiger partial charge in [0.25, 0.3) is 0 Å². The van der Waals surface area contributed by atoms with Crippen LogP contribution < -0.4 is 16.4 Å². The molecule has 1 amide bonds. The van der Waals surface area contributed by atoms with E-state index in [4.69, 9.17) is 5.73 Å². The predicted octanol–water partition coefficient (Wildman–Crippen LogP) is 0.637. The van der Waals surface area contributed by atoms with E-state index in [1.807, 2.05) is 12.1 Å². The number of nitrogens with one attached hydrogen (secondary N) is 2. The Morgan fingerprint density at radius 2 is 2.06 bits per heavy atom. The highest BCUT2D eigenvalue weighted by Crippen LogP contribution is 2.03. The molecule has 0 radical (unpaired) electrons. The standard InChI is InChI=1S/C13H18N4O/c1-3-8-16-13(15-2)17-9-10-4-6-11(7-5-10)12(14)18/h3-7H,1,8-9H2,2H3,(H2,14,18)(H2,15,16,17). The molecular formula is C13H18N4O. The molecule has 0 unspecified atom stereocenters. The van der Waals surface area contributed by atoms with Crippen molar-refractivity contribution in [3.8, 4) is 0 Å².